The Bertz CT molecular complexity index is 726. The summed E-state index contributed by atoms with van der Waals surface area (Å²) in [5.74, 6) is -1.73. The summed E-state index contributed by atoms with van der Waals surface area (Å²) < 4.78 is 27.5. The second-order valence-corrected chi connectivity index (χ2v) is 5.31. The monoisotopic (exact) mass is 300 g/mol. The van der Waals surface area contributed by atoms with Crippen LogP contribution in [-0.2, 0) is 13.1 Å². The molecule has 1 aliphatic rings. The van der Waals surface area contributed by atoms with Crippen LogP contribution >= 0.6 is 0 Å². The van der Waals surface area contributed by atoms with Crippen molar-refractivity contribution >= 4 is 0 Å². The average Bonchev–Trinajstić information content (AvgIpc) is 2.53. The second-order valence-electron chi connectivity index (χ2n) is 5.31. The number of nitrogens with zero attached hydrogens (tertiary/aromatic N) is 4. The Kier molecular flexibility index (Phi) is 4.04. The molecule has 0 spiro atoms. The molecule has 6 heteroatoms. The van der Waals surface area contributed by atoms with Crippen molar-refractivity contribution in [2.24, 2.45) is 5.11 Å². The van der Waals surface area contributed by atoms with Gasteiger partial charge < -0.3 is 0 Å². The normalized spacial score (nSPS) is 17.6. The van der Waals surface area contributed by atoms with Crippen molar-refractivity contribution in [1.29, 1.82) is 0 Å². The van der Waals surface area contributed by atoms with Crippen molar-refractivity contribution in [3.05, 3.63) is 81.2 Å². The van der Waals surface area contributed by atoms with Crippen LogP contribution < -0.4 is 0 Å². The molecule has 1 atom stereocenters. The minimum Gasteiger partial charge on any atom is -0.294 e. The smallest absolute Gasteiger partial charge is 0.163 e. The molecule has 22 heavy (non-hydrogen) atoms. The van der Waals surface area contributed by atoms with Gasteiger partial charge in [0.2, 0.25) is 0 Å². The average molecular weight is 300 g/mol. The topological polar surface area (TPSA) is 52.0 Å². The molecule has 0 amide bonds. The zero-order valence-electron chi connectivity index (χ0n) is 11.8. The quantitative estimate of drug-likeness (QED) is 0.473. The summed E-state index contributed by atoms with van der Waals surface area (Å²) >= 11 is 0. The van der Waals surface area contributed by atoms with Gasteiger partial charge in [0.05, 0.1) is 6.04 Å². The highest BCUT2D eigenvalue weighted by atomic mass is 19.2. The van der Waals surface area contributed by atoms with Gasteiger partial charge in [0.1, 0.15) is 0 Å². The minimum absolute atomic E-state index is 0.277. The van der Waals surface area contributed by atoms with Crippen LogP contribution in [0.25, 0.3) is 10.4 Å². The van der Waals surface area contributed by atoms with Crippen LogP contribution in [0.15, 0.2) is 47.6 Å². The van der Waals surface area contributed by atoms with Crippen LogP contribution in [0.1, 0.15) is 22.7 Å². The van der Waals surface area contributed by atoms with E-state index in [0.29, 0.717) is 25.2 Å². The minimum atomic E-state index is -0.875. The van der Waals surface area contributed by atoms with Gasteiger partial charge >= 0.3 is 0 Å². The number of azide groups is 1. The van der Waals surface area contributed by atoms with Gasteiger partial charge in [-0.15, -0.1) is 0 Å². The first-order chi connectivity index (χ1) is 10.7. The van der Waals surface area contributed by atoms with Crippen molar-refractivity contribution in [3.8, 4) is 0 Å². The molecule has 0 radical (unpaired) electrons. The van der Waals surface area contributed by atoms with Gasteiger partial charge in [0.25, 0.3) is 0 Å². The molecule has 1 aliphatic heterocycles. The first-order valence-electron chi connectivity index (χ1n) is 6.96. The van der Waals surface area contributed by atoms with Gasteiger partial charge in [-0.2, -0.15) is 0 Å². The Hall–Kier alpha value is -2.43. The summed E-state index contributed by atoms with van der Waals surface area (Å²) in [6, 6.07) is 11.8. The number of hydrogen-bond acceptors (Lipinski definition) is 2. The molecule has 2 aromatic carbocycles. The van der Waals surface area contributed by atoms with Crippen molar-refractivity contribution in [1.82, 2.24) is 4.90 Å². The van der Waals surface area contributed by atoms with Crippen LogP contribution in [0.5, 0.6) is 0 Å². The van der Waals surface area contributed by atoms with E-state index in [4.69, 9.17) is 5.53 Å². The zero-order valence-corrected chi connectivity index (χ0v) is 11.8. The Morgan fingerprint density at radius 2 is 1.95 bits per heavy atom. The Morgan fingerprint density at radius 3 is 2.68 bits per heavy atom. The van der Waals surface area contributed by atoms with Gasteiger partial charge in [-0.05, 0) is 22.7 Å². The predicted molar refractivity (Wildman–Crippen MR) is 78.8 cm³/mol. The third kappa shape index (κ3) is 2.79. The molecule has 1 unspecified atom stereocenters. The van der Waals surface area contributed by atoms with E-state index in [9.17, 15) is 8.78 Å². The highest BCUT2D eigenvalue weighted by Crippen LogP contribution is 2.32. The summed E-state index contributed by atoms with van der Waals surface area (Å²) in [7, 11) is 0. The van der Waals surface area contributed by atoms with Crippen LogP contribution in [0, 0.1) is 11.6 Å². The Morgan fingerprint density at radius 1 is 1.18 bits per heavy atom. The van der Waals surface area contributed by atoms with Gasteiger partial charge in [-0.3, -0.25) is 4.90 Å². The predicted octanol–water partition coefficient (Wildman–Crippen LogP) is 4.33. The maximum Gasteiger partial charge on any atom is 0.163 e. The standard InChI is InChI=1S/C16H14F2N4/c17-14-7-6-12-13(16(14)18)9-22(10-15(12)20-21-19)8-11-4-2-1-3-5-11/h1-7,15H,8-10H2. The van der Waals surface area contributed by atoms with Crippen molar-refractivity contribution in [2.45, 2.75) is 19.1 Å². The second kappa shape index (κ2) is 6.13. The number of halogens is 2. The maximum absolute atomic E-state index is 14.1. The number of benzene rings is 2. The summed E-state index contributed by atoms with van der Waals surface area (Å²) in [4.78, 5) is 4.79. The molecule has 0 fully saturated rings. The molecule has 1 heterocycles. The highest BCUT2D eigenvalue weighted by Gasteiger charge is 2.28. The molecule has 112 valence electrons. The molecular formula is C16H14F2N4. The molecule has 0 saturated heterocycles. The van der Waals surface area contributed by atoms with E-state index in [1.807, 2.05) is 35.2 Å². The Balaban J connectivity index is 1.94. The molecule has 0 bridgehead atoms. The van der Waals surface area contributed by atoms with Gasteiger partial charge in [0.15, 0.2) is 11.6 Å². The first kappa shape index (κ1) is 14.5. The molecular weight excluding hydrogens is 286 g/mol. The highest BCUT2D eigenvalue weighted by molar-refractivity contribution is 5.35. The lowest BCUT2D eigenvalue weighted by molar-refractivity contribution is 0.217. The fourth-order valence-corrected chi connectivity index (χ4v) is 2.83. The summed E-state index contributed by atoms with van der Waals surface area (Å²) in [6.07, 6.45) is 0. The lowest BCUT2D eigenvalue weighted by Gasteiger charge is -2.32. The summed E-state index contributed by atoms with van der Waals surface area (Å²) in [6.45, 7) is 1.37. The van der Waals surface area contributed by atoms with E-state index < -0.39 is 17.7 Å². The molecule has 2 aromatic rings. The van der Waals surface area contributed by atoms with Gasteiger partial charge in [0, 0.05) is 30.1 Å². The molecule has 3 rings (SSSR count). The van der Waals surface area contributed by atoms with E-state index in [0.717, 1.165) is 11.6 Å². The SMILES string of the molecule is [N-]=[N+]=NC1CN(Cc2ccccc2)Cc2c1ccc(F)c2F. The van der Waals surface area contributed by atoms with Gasteiger partial charge in [-0.1, -0.05) is 41.5 Å². The van der Waals surface area contributed by atoms with E-state index in [1.54, 1.807) is 0 Å². The molecule has 4 nitrogen and oxygen atoms in total. The number of fused-ring (bicyclic) bond motifs is 1. The maximum atomic E-state index is 14.1. The third-order valence-corrected chi connectivity index (χ3v) is 3.84. The summed E-state index contributed by atoms with van der Waals surface area (Å²) in [5, 5.41) is 3.74. The molecule has 0 N–H and O–H groups in total. The van der Waals surface area contributed by atoms with Crippen molar-refractivity contribution < 1.29 is 8.78 Å². The fraction of sp³-hybridized carbons (Fsp3) is 0.250. The lowest BCUT2D eigenvalue weighted by atomic mass is 9.95. The number of hydrogen-bond donors (Lipinski definition) is 0. The van der Waals surface area contributed by atoms with Crippen LogP contribution in [0.4, 0.5) is 8.78 Å². The fourth-order valence-electron chi connectivity index (χ4n) is 2.83. The first-order valence-corrected chi connectivity index (χ1v) is 6.96. The lowest BCUT2D eigenvalue weighted by Crippen LogP contribution is -2.33. The Labute approximate surface area is 126 Å². The largest absolute Gasteiger partial charge is 0.294 e. The zero-order chi connectivity index (χ0) is 15.5. The van der Waals surface area contributed by atoms with Crippen LogP contribution in [0.2, 0.25) is 0 Å². The van der Waals surface area contributed by atoms with Gasteiger partial charge in [-0.25, -0.2) is 8.78 Å². The third-order valence-electron chi connectivity index (χ3n) is 3.84. The van der Waals surface area contributed by atoms with E-state index >= 15 is 0 Å². The van der Waals surface area contributed by atoms with E-state index in [1.165, 1.54) is 6.07 Å². The number of rotatable bonds is 3. The molecule has 0 saturated carbocycles. The van der Waals surface area contributed by atoms with Crippen molar-refractivity contribution in [2.75, 3.05) is 6.54 Å². The molecule has 0 aliphatic carbocycles. The van der Waals surface area contributed by atoms with Crippen LogP contribution in [0.3, 0.4) is 0 Å². The van der Waals surface area contributed by atoms with Crippen LogP contribution in [-0.4, -0.2) is 11.4 Å². The summed E-state index contributed by atoms with van der Waals surface area (Å²) in [5.41, 5.74) is 10.6. The van der Waals surface area contributed by atoms with E-state index in [-0.39, 0.29) is 5.56 Å². The van der Waals surface area contributed by atoms with Crippen molar-refractivity contribution in [3.63, 3.8) is 0 Å². The molecule has 0 aromatic heterocycles. The van der Waals surface area contributed by atoms with E-state index in [2.05, 4.69) is 10.0 Å².